The summed E-state index contributed by atoms with van der Waals surface area (Å²) in [5.41, 5.74) is 2.19. The molecule has 1 N–H and O–H groups in total. The Labute approximate surface area is 165 Å². The Bertz CT molecular complexity index is 716. The van der Waals surface area contributed by atoms with Crippen molar-refractivity contribution in [1.82, 2.24) is 10.2 Å². The number of piperidine rings is 1. The van der Waals surface area contributed by atoms with Gasteiger partial charge in [-0.1, -0.05) is 59.6 Å². The molecule has 1 atom stereocenters. The minimum Gasteiger partial charge on any atom is -0.355 e. The zero-order chi connectivity index (χ0) is 18.4. The highest BCUT2D eigenvalue weighted by atomic mass is 35.5. The molecule has 0 aromatic heterocycles. The fraction of sp³-hybridized carbons (Fsp3) is 0.381. The van der Waals surface area contributed by atoms with E-state index in [1.165, 1.54) is 5.56 Å². The maximum Gasteiger partial charge on any atom is 0.224 e. The van der Waals surface area contributed by atoms with Gasteiger partial charge < -0.3 is 5.32 Å². The number of hydrogen-bond acceptors (Lipinski definition) is 2. The van der Waals surface area contributed by atoms with Gasteiger partial charge in [-0.2, -0.15) is 0 Å². The van der Waals surface area contributed by atoms with Crippen molar-refractivity contribution in [3.8, 4) is 0 Å². The molecule has 0 radical (unpaired) electrons. The van der Waals surface area contributed by atoms with Gasteiger partial charge in [0.1, 0.15) is 0 Å². The van der Waals surface area contributed by atoms with Gasteiger partial charge in [-0.15, -0.1) is 0 Å². The average molecular weight is 391 g/mol. The molecule has 138 valence electrons. The van der Waals surface area contributed by atoms with Crippen LogP contribution in [0.25, 0.3) is 0 Å². The van der Waals surface area contributed by atoms with Gasteiger partial charge in [0.2, 0.25) is 5.91 Å². The molecule has 1 amide bonds. The Balaban J connectivity index is 1.50. The Morgan fingerprint density at radius 2 is 1.81 bits per heavy atom. The summed E-state index contributed by atoms with van der Waals surface area (Å²) in [5, 5.41) is 4.46. The molecule has 3 rings (SSSR count). The number of likely N-dealkylation sites (tertiary alicyclic amines) is 1. The summed E-state index contributed by atoms with van der Waals surface area (Å²) >= 11 is 12.6. The van der Waals surface area contributed by atoms with E-state index in [4.69, 9.17) is 23.2 Å². The number of benzene rings is 2. The molecule has 1 fully saturated rings. The van der Waals surface area contributed by atoms with Crippen LogP contribution in [0.1, 0.15) is 24.0 Å². The Morgan fingerprint density at radius 1 is 1.08 bits per heavy atom. The molecule has 0 unspecified atom stereocenters. The van der Waals surface area contributed by atoms with Crippen molar-refractivity contribution in [1.29, 1.82) is 0 Å². The van der Waals surface area contributed by atoms with Crippen molar-refractivity contribution in [2.75, 3.05) is 19.6 Å². The van der Waals surface area contributed by atoms with Gasteiger partial charge in [0, 0.05) is 35.2 Å². The van der Waals surface area contributed by atoms with Crippen molar-refractivity contribution in [3.63, 3.8) is 0 Å². The van der Waals surface area contributed by atoms with Crippen LogP contribution in [-0.4, -0.2) is 30.4 Å². The maximum absolute atomic E-state index is 12.5. The van der Waals surface area contributed by atoms with Gasteiger partial charge >= 0.3 is 0 Å². The molecule has 1 saturated heterocycles. The number of amides is 1. The number of rotatable bonds is 6. The van der Waals surface area contributed by atoms with Gasteiger partial charge in [-0.25, -0.2) is 0 Å². The molecular weight excluding hydrogens is 367 g/mol. The Hall–Kier alpha value is -1.55. The SMILES string of the molecule is O=C(NCCc1ccccc1)[C@@H]1CCCN(Cc2c(Cl)cccc2Cl)C1. The molecule has 2 aromatic rings. The number of hydrogen-bond donors (Lipinski definition) is 1. The molecule has 0 bridgehead atoms. The normalized spacial score (nSPS) is 17.8. The molecule has 1 heterocycles. The van der Waals surface area contributed by atoms with Crippen LogP contribution >= 0.6 is 23.2 Å². The van der Waals surface area contributed by atoms with Crippen LogP contribution in [0.15, 0.2) is 48.5 Å². The smallest absolute Gasteiger partial charge is 0.224 e. The highest BCUT2D eigenvalue weighted by Crippen LogP contribution is 2.27. The highest BCUT2D eigenvalue weighted by molar-refractivity contribution is 6.35. The van der Waals surface area contributed by atoms with E-state index >= 15 is 0 Å². The minimum atomic E-state index is 0.0285. The molecule has 3 nitrogen and oxygen atoms in total. The second-order valence-electron chi connectivity index (χ2n) is 6.80. The largest absolute Gasteiger partial charge is 0.355 e. The lowest BCUT2D eigenvalue weighted by Gasteiger charge is -2.32. The lowest BCUT2D eigenvalue weighted by atomic mass is 9.96. The summed E-state index contributed by atoms with van der Waals surface area (Å²) < 4.78 is 0. The fourth-order valence-corrected chi connectivity index (χ4v) is 3.96. The molecule has 26 heavy (non-hydrogen) atoms. The quantitative estimate of drug-likeness (QED) is 0.783. The second kappa shape index (κ2) is 9.40. The van der Waals surface area contributed by atoms with Crippen molar-refractivity contribution in [3.05, 3.63) is 69.7 Å². The molecule has 2 aromatic carbocycles. The first-order valence-corrected chi connectivity index (χ1v) is 9.86. The van der Waals surface area contributed by atoms with Crippen molar-refractivity contribution >= 4 is 29.1 Å². The molecule has 0 saturated carbocycles. The van der Waals surface area contributed by atoms with E-state index in [0.29, 0.717) is 23.1 Å². The van der Waals surface area contributed by atoms with Crippen LogP contribution in [0.4, 0.5) is 0 Å². The molecule has 1 aliphatic rings. The predicted octanol–water partition coefficient (Wildman–Crippen LogP) is 4.56. The van der Waals surface area contributed by atoms with E-state index < -0.39 is 0 Å². The molecule has 0 spiro atoms. The lowest BCUT2D eigenvalue weighted by molar-refractivity contribution is -0.126. The van der Waals surface area contributed by atoms with Crippen LogP contribution in [-0.2, 0) is 17.8 Å². The van der Waals surface area contributed by atoms with E-state index in [9.17, 15) is 4.79 Å². The topological polar surface area (TPSA) is 32.3 Å². The average Bonchev–Trinajstić information content (AvgIpc) is 2.66. The number of nitrogens with one attached hydrogen (secondary N) is 1. The van der Waals surface area contributed by atoms with Gasteiger partial charge in [0.05, 0.1) is 5.92 Å². The fourth-order valence-electron chi connectivity index (χ4n) is 3.44. The number of nitrogens with zero attached hydrogens (tertiary/aromatic N) is 1. The summed E-state index contributed by atoms with van der Waals surface area (Å²) in [6.07, 6.45) is 2.81. The van der Waals surface area contributed by atoms with Crippen molar-refractivity contribution in [2.45, 2.75) is 25.8 Å². The number of carbonyl (C=O) groups excluding carboxylic acids is 1. The second-order valence-corrected chi connectivity index (χ2v) is 7.62. The molecular formula is C21H24Cl2N2O. The van der Waals surface area contributed by atoms with Gasteiger partial charge in [0.25, 0.3) is 0 Å². The Morgan fingerprint density at radius 3 is 2.54 bits per heavy atom. The third kappa shape index (κ3) is 5.23. The minimum absolute atomic E-state index is 0.0285. The summed E-state index contributed by atoms with van der Waals surface area (Å²) in [4.78, 5) is 14.8. The van der Waals surface area contributed by atoms with Crippen LogP contribution in [0.5, 0.6) is 0 Å². The van der Waals surface area contributed by atoms with Gasteiger partial charge in [0.15, 0.2) is 0 Å². The molecule has 0 aliphatic carbocycles. The first-order valence-electron chi connectivity index (χ1n) is 9.10. The summed E-state index contributed by atoms with van der Waals surface area (Å²) in [5.74, 6) is 0.177. The van der Waals surface area contributed by atoms with E-state index in [2.05, 4.69) is 22.3 Å². The zero-order valence-corrected chi connectivity index (χ0v) is 16.3. The van der Waals surface area contributed by atoms with Crippen molar-refractivity contribution in [2.24, 2.45) is 5.92 Å². The number of carbonyl (C=O) groups is 1. The summed E-state index contributed by atoms with van der Waals surface area (Å²) in [6.45, 7) is 3.08. The van der Waals surface area contributed by atoms with E-state index in [0.717, 1.165) is 37.9 Å². The Kier molecular flexibility index (Phi) is 6.95. The maximum atomic E-state index is 12.5. The van der Waals surface area contributed by atoms with Crippen molar-refractivity contribution < 1.29 is 4.79 Å². The zero-order valence-electron chi connectivity index (χ0n) is 14.8. The predicted molar refractivity (Wildman–Crippen MR) is 108 cm³/mol. The van der Waals surface area contributed by atoms with Crippen LogP contribution in [0, 0.1) is 5.92 Å². The van der Waals surface area contributed by atoms with Crippen LogP contribution in [0.2, 0.25) is 10.0 Å². The van der Waals surface area contributed by atoms with Gasteiger partial charge in [-0.05, 0) is 43.5 Å². The van der Waals surface area contributed by atoms with Crippen LogP contribution < -0.4 is 5.32 Å². The first kappa shape index (κ1) is 19.2. The first-order chi connectivity index (χ1) is 12.6. The molecule has 5 heteroatoms. The van der Waals surface area contributed by atoms with E-state index in [-0.39, 0.29) is 11.8 Å². The lowest BCUT2D eigenvalue weighted by Crippen LogP contribution is -2.43. The standard InChI is InChI=1S/C21H24Cl2N2O/c22-19-9-4-10-20(23)18(19)15-25-13-5-8-17(14-25)21(26)24-12-11-16-6-2-1-3-7-16/h1-4,6-7,9-10,17H,5,8,11-15H2,(H,24,26)/t17-/m1/s1. The third-order valence-electron chi connectivity index (χ3n) is 4.88. The third-order valence-corrected chi connectivity index (χ3v) is 5.58. The van der Waals surface area contributed by atoms with E-state index in [1.807, 2.05) is 36.4 Å². The molecule has 1 aliphatic heterocycles. The highest BCUT2D eigenvalue weighted by Gasteiger charge is 2.26. The van der Waals surface area contributed by atoms with Crippen LogP contribution in [0.3, 0.4) is 0 Å². The summed E-state index contributed by atoms with van der Waals surface area (Å²) in [6, 6.07) is 15.8. The van der Waals surface area contributed by atoms with Gasteiger partial charge in [-0.3, -0.25) is 9.69 Å². The monoisotopic (exact) mass is 390 g/mol. The number of halogens is 2. The van der Waals surface area contributed by atoms with E-state index in [1.54, 1.807) is 0 Å². The summed E-state index contributed by atoms with van der Waals surface area (Å²) in [7, 11) is 0.